The molecule has 0 bridgehead atoms. The quantitative estimate of drug-likeness (QED) is 0.415. The van der Waals surface area contributed by atoms with Crippen molar-refractivity contribution in [3.05, 3.63) is 96.6 Å². The normalized spacial score (nSPS) is 10.0. The van der Waals surface area contributed by atoms with Gasteiger partial charge in [-0.3, -0.25) is 9.97 Å². The lowest BCUT2D eigenvalue weighted by atomic mass is 10.1. The number of benzene rings is 2. The molecule has 0 atom stereocenters. The summed E-state index contributed by atoms with van der Waals surface area (Å²) in [5.41, 5.74) is 6.59. The van der Waals surface area contributed by atoms with Crippen LogP contribution in [0.1, 0.15) is 11.4 Å². The summed E-state index contributed by atoms with van der Waals surface area (Å²) in [7, 11) is 3.26. The molecule has 0 aliphatic rings. The van der Waals surface area contributed by atoms with E-state index in [1.54, 1.807) is 14.2 Å². The molecule has 4 aromatic rings. The predicted molar refractivity (Wildman–Crippen MR) is 122 cm³/mol. The molecular weight excluding hydrogens is 372 g/mol. The standard InChI is InChI=1S/C14H15NO2.C12H11N/c1-10-4-5-12(9-15-10)11-6-7-13(16-2)14(8-11)17-3;1-10-7-8-12(9-13-10)11-5-3-2-4-6-11/h4-9H,1-3H3;2-9H,1H3. The number of pyridine rings is 2. The Kier molecular flexibility index (Phi) is 7.17. The van der Waals surface area contributed by atoms with Gasteiger partial charge in [0.1, 0.15) is 0 Å². The van der Waals surface area contributed by atoms with E-state index in [1.807, 2.05) is 80.8 Å². The first-order valence-electron chi connectivity index (χ1n) is 9.74. The minimum atomic E-state index is 0.727. The second kappa shape index (κ2) is 10.2. The SMILES string of the molecule is COc1ccc(-c2ccc(C)nc2)cc1OC.Cc1ccc(-c2ccccc2)cn1. The van der Waals surface area contributed by atoms with E-state index in [4.69, 9.17) is 9.47 Å². The molecule has 4 rings (SSSR count). The number of aromatic nitrogens is 2. The van der Waals surface area contributed by atoms with Gasteiger partial charge in [0.15, 0.2) is 11.5 Å². The van der Waals surface area contributed by atoms with Crippen LogP contribution in [0.25, 0.3) is 22.3 Å². The van der Waals surface area contributed by atoms with E-state index < -0.39 is 0 Å². The fraction of sp³-hybridized carbons (Fsp3) is 0.154. The molecule has 0 saturated heterocycles. The highest BCUT2D eigenvalue weighted by Gasteiger charge is 2.06. The molecule has 152 valence electrons. The van der Waals surface area contributed by atoms with Gasteiger partial charge < -0.3 is 9.47 Å². The van der Waals surface area contributed by atoms with Crippen molar-refractivity contribution in [2.45, 2.75) is 13.8 Å². The Morgan fingerprint density at radius 1 is 0.533 bits per heavy atom. The topological polar surface area (TPSA) is 44.2 Å². The first-order chi connectivity index (χ1) is 14.6. The Morgan fingerprint density at radius 2 is 1.07 bits per heavy atom. The van der Waals surface area contributed by atoms with Crippen molar-refractivity contribution in [3.63, 3.8) is 0 Å². The first-order valence-corrected chi connectivity index (χ1v) is 9.74. The summed E-state index contributed by atoms with van der Waals surface area (Å²) in [5.74, 6) is 1.46. The summed E-state index contributed by atoms with van der Waals surface area (Å²) in [5, 5.41) is 0. The number of aryl methyl sites for hydroxylation is 2. The molecule has 0 aliphatic carbocycles. The predicted octanol–water partition coefficient (Wildman–Crippen LogP) is 6.13. The highest BCUT2D eigenvalue weighted by atomic mass is 16.5. The monoisotopic (exact) mass is 398 g/mol. The highest BCUT2D eigenvalue weighted by molar-refractivity contribution is 5.66. The lowest BCUT2D eigenvalue weighted by Gasteiger charge is -2.09. The molecule has 0 unspecified atom stereocenters. The van der Waals surface area contributed by atoms with Crippen molar-refractivity contribution in [2.75, 3.05) is 14.2 Å². The van der Waals surface area contributed by atoms with E-state index in [0.29, 0.717) is 0 Å². The number of ether oxygens (including phenoxy) is 2. The average Bonchev–Trinajstić information content (AvgIpc) is 2.80. The maximum Gasteiger partial charge on any atom is 0.161 e. The number of hydrogen-bond donors (Lipinski definition) is 0. The van der Waals surface area contributed by atoms with Crippen LogP contribution in [0.5, 0.6) is 11.5 Å². The molecule has 4 heteroatoms. The molecule has 0 N–H and O–H groups in total. The van der Waals surface area contributed by atoms with Crippen molar-refractivity contribution in [1.29, 1.82) is 0 Å². The van der Waals surface area contributed by atoms with Crippen molar-refractivity contribution in [1.82, 2.24) is 9.97 Å². The molecule has 30 heavy (non-hydrogen) atoms. The zero-order chi connectivity index (χ0) is 21.3. The van der Waals surface area contributed by atoms with Gasteiger partial charge in [0.05, 0.1) is 14.2 Å². The molecule has 0 aliphatic heterocycles. The van der Waals surface area contributed by atoms with Crippen LogP contribution in [-0.2, 0) is 0 Å². The summed E-state index contributed by atoms with van der Waals surface area (Å²) < 4.78 is 10.5. The molecule has 2 aromatic heterocycles. The molecule has 0 radical (unpaired) electrons. The zero-order valence-electron chi connectivity index (χ0n) is 17.8. The molecule has 0 saturated carbocycles. The summed E-state index contributed by atoms with van der Waals surface area (Å²) in [6.45, 7) is 3.97. The third kappa shape index (κ3) is 5.45. The Hall–Kier alpha value is -3.66. The Morgan fingerprint density at radius 3 is 1.57 bits per heavy atom. The van der Waals surface area contributed by atoms with Gasteiger partial charge in [0, 0.05) is 34.9 Å². The Balaban J connectivity index is 0.000000177. The fourth-order valence-corrected chi connectivity index (χ4v) is 2.92. The van der Waals surface area contributed by atoms with Gasteiger partial charge in [-0.25, -0.2) is 0 Å². The van der Waals surface area contributed by atoms with Gasteiger partial charge in [0.25, 0.3) is 0 Å². The smallest absolute Gasteiger partial charge is 0.161 e. The van der Waals surface area contributed by atoms with Gasteiger partial charge in [-0.05, 0) is 49.2 Å². The van der Waals surface area contributed by atoms with Crippen molar-refractivity contribution in [2.24, 2.45) is 0 Å². The maximum atomic E-state index is 5.28. The van der Waals surface area contributed by atoms with Crippen LogP contribution in [0.4, 0.5) is 0 Å². The van der Waals surface area contributed by atoms with E-state index in [1.165, 1.54) is 11.1 Å². The third-order valence-corrected chi connectivity index (χ3v) is 4.65. The summed E-state index contributed by atoms with van der Waals surface area (Å²) >= 11 is 0. The molecule has 0 amide bonds. The summed E-state index contributed by atoms with van der Waals surface area (Å²) in [4.78, 5) is 8.54. The molecule has 2 aromatic carbocycles. The van der Waals surface area contributed by atoms with E-state index in [9.17, 15) is 0 Å². The molecule has 0 fully saturated rings. The van der Waals surface area contributed by atoms with E-state index in [0.717, 1.165) is 34.0 Å². The van der Waals surface area contributed by atoms with Crippen LogP contribution >= 0.6 is 0 Å². The second-order valence-corrected chi connectivity index (χ2v) is 6.81. The molecular formula is C26H26N2O2. The molecule has 0 spiro atoms. The van der Waals surface area contributed by atoms with Gasteiger partial charge >= 0.3 is 0 Å². The Labute approximate surface area is 178 Å². The van der Waals surface area contributed by atoms with Crippen molar-refractivity contribution in [3.8, 4) is 33.8 Å². The minimum absolute atomic E-state index is 0.727. The van der Waals surface area contributed by atoms with Crippen LogP contribution in [0.3, 0.4) is 0 Å². The van der Waals surface area contributed by atoms with Crippen molar-refractivity contribution >= 4 is 0 Å². The van der Waals surface area contributed by atoms with Crippen LogP contribution in [0.2, 0.25) is 0 Å². The number of hydrogen-bond acceptors (Lipinski definition) is 4. The number of nitrogens with zero attached hydrogens (tertiary/aromatic N) is 2. The van der Waals surface area contributed by atoms with E-state index in [2.05, 4.69) is 28.2 Å². The lowest BCUT2D eigenvalue weighted by molar-refractivity contribution is 0.355. The van der Waals surface area contributed by atoms with Crippen molar-refractivity contribution < 1.29 is 9.47 Å². The number of rotatable bonds is 4. The van der Waals surface area contributed by atoms with Gasteiger partial charge in [-0.2, -0.15) is 0 Å². The average molecular weight is 399 g/mol. The first kappa shape index (κ1) is 21.1. The van der Waals surface area contributed by atoms with Gasteiger partial charge in [-0.15, -0.1) is 0 Å². The lowest BCUT2D eigenvalue weighted by Crippen LogP contribution is -1.91. The van der Waals surface area contributed by atoms with Gasteiger partial charge in [-0.1, -0.05) is 48.5 Å². The third-order valence-electron chi connectivity index (χ3n) is 4.65. The second-order valence-electron chi connectivity index (χ2n) is 6.81. The summed E-state index contributed by atoms with van der Waals surface area (Å²) in [6, 6.07) is 24.3. The largest absolute Gasteiger partial charge is 0.493 e. The van der Waals surface area contributed by atoms with E-state index in [-0.39, 0.29) is 0 Å². The van der Waals surface area contributed by atoms with Gasteiger partial charge in [0.2, 0.25) is 0 Å². The Bertz CT molecular complexity index is 1060. The van der Waals surface area contributed by atoms with Crippen LogP contribution in [0.15, 0.2) is 85.2 Å². The maximum absolute atomic E-state index is 5.28. The molecule has 4 nitrogen and oxygen atoms in total. The van der Waals surface area contributed by atoms with Crippen LogP contribution < -0.4 is 9.47 Å². The number of methoxy groups -OCH3 is 2. The van der Waals surface area contributed by atoms with Crippen LogP contribution in [0, 0.1) is 13.8 Å². The van der Waals surface area contributed by atoms with E-state index >= 15 is 0 Å². The fourth-order valence-electron chi connectivity index (χ4n) is 2.92. The zero-order valence-corrected chi connectivity index (χ0v) is 17.8. The van der Waals surface area contributed by atoms with Crippen LogP contribution in [-0.4, -0.2) is 24.2 Å². The summed E-state index contributed by atoms with van der Waals surface area (Å²) in [6.07, 6.45) is 3.77. The minimum Gasteiger partial charge on any atom is -0.493 e. The highest BCUT2D eigenvalue weighted by Crippen LogP contribution is 2.31. The molecule has 2 heterocycles.